The summed E-state index contributed by atoms with van der Waals surface area (Å²) in [6.45, 7) is 2.20. The zero-order valence-electron chi connectivity index (χ0n) is 17.3. The molecular formula is C23H24ClF3N2O2. The molecular weight excluding hydrogens is 429 g/mol. The van der Waals surface area contributed by atoms with Crippen LogP contribution in [0.5, 0.6) is 0 Å². The molecule has 0 saturated carbocycles. The van der Waals surface area contributed by atoms with Crippen molar-refractivity contribution >= 4 is 29.1 Å². The predicted octanol–water partition coefficient (Wildman–Crippen LogP) is 5.66. The van der Waals surface area contributed by atoms with Crippen molar-refractivity contribution in [2.24, 2.45) is 11.8 Å². The second kappa shape index (κ2) is 9.30. The number of carbonyl (C=O) groups excluding carboxylic acids is 2. The summed E-state index contributed by atoms with van der Waals surface area (Å²) in [5, 5.41) is 3.45. The number of hydrogen-bond acceptors (Lipinski definition) is 2. The largest absolute Gasteiger partial charge is 0.416 e. The Hall–Kier alpha value is -2.54. The fourth-order valence-corrected chi connectivity index (χ4v) is 3.95. The molecule has 1 heterocycles. The van der Waals surface area contributed by atoms with E-state index in [-0.39, 0.29) is 23.3 Å². The van der Waals surface area contributed by atoms with Crippen LogP contribution in [0.2, 0.25) is 5.02 Å². The van der Waals surface area contributed by atoms with Crippen molar-refractivity contribution in [3.05, 3.63) is 64.2 Å². The van der Waals surface area contributed by atoms with Gasteiger partial charge in [0.25, 0.3) is 5.91 Å². The number of carbonyl (C=O) groups is 2. The molecule has 0 unspecified atom stereocenters. The highest BCUT2D eigenvalue weighted by Gasteiger charge is 2.33. The van der Waals surface area contributed by atoms with Crippen molar-refractivity contribution in [1.29, 1.82) is 0 Å². The molecule has 0 fully saturated rings. The van der Waals surface area contributed by atoms with Crippen LogP contribution in [-0.2, 0) is 17.4 Å². The molecule has 0 bridgehead atoms. The number of alkyl halides is 3. The standard InChI is InChI=1S/C23H24ClF3N2O2/c1-14(21(30)28-19-9-7-18(24)8-10-19)15-3-4-16-5-6-17(23(25,26)27)13-20(16)22(31)29(2)12-11-15/h5-10,13-15H,3-4,11-12H2,1-2H3,(H,28,30)/t14-,15+/m1/s1. The van der Waals surface area contributed by atoms with Crippen LogP contribution in [-0.4, -0.2) is 30.3 Å². The number of nitrogens with one attached hydrogen (secondary N) is 1. The lowest BCUT2D eigenvalue weighted by atomic mass is 9.85. The molecule has 1 aliphatic rings. The summed E-state index contributed by atoms with van der Waals surface area (Å²) in [6, 6.07) is 10.1. The van der Waals surface area contributed by atoms with Crippen LogP contribution in [0.1, 0.15) is 41.3 Å². The monoisotopic (exact) mass is 452 g/mol. The Morgan fingerprint density at radius 3 is 2.48 bits per heavy atom. The Kier molecular flexibility index (Phi) is 6.94. The summed E-state index contributed by atoms with van der Waals surface area (Å²) in [6.07, 6.45) is -2.91. The molecule has 2 aromatic carbocycles. The van der Waals surface area contributed by atoms with E-state index < -0.39 is 17.6 Å². The van der Waals surface area contributed by atoms with Crippen LogP contribution in [0.3, 0.4) is 0 Å². The van der Waals surface area contributed by atoms with Crippen molar-refractivity contribution in [1.82, 2.24) is 4.90 Å². The third kappa shape index (κ3) is 5.58. The Morgan fingerprint density at radius 2 is 1.84 bits per heavy atom. The number of anilines is 1. The minimum atomic E-state index is -4.51. The fourth-order valence-electron chi connectivity index (χ4n) is 3.83. The number of amides is 2. The van der Waals surface area contributed by atoms with Gasteiger partial charge in [-0.25, -0.2) is 0 Å². The average molecular weight is 453 g/mol. The molecule has 166 valence electrons. The van der Waals surface area contributed by atoms with Gasteiger partial charge in [0, 0.05) is 35.8 Å². The van der Waals surface area contributed by atoms with Crippen molar-refractivity contribution in [2.75, 3.05) is 18.9 Å². The Bertz CT molecular complexity index is 960. The molecule has 0 saturated heterocycles. The number of rotatable bonds is 3. The van der Waals surface area contributed by atoms with E-state index in [4.69, 9.17) is 11.6 Å². The van der Waals surface area contributed by atoms with Gasteiger partial charge in [-0.1, -0.05) is 24.6 Å². The van der Waals surface area contributed by atoms with Crippen LogP contribution in [0.15, 0.2) is 42.5 Å². The van der Waals surface area contributed by atoms with Crippen LogP contribution < -0.4 is 5.32 Å². The summed E-state index contributed by atoms with van der Waals surface area (Å²) in [4.78, 5) is 27.0. The highest BCUT2D eigenvalue weighted by atomic mass is 35.5. The number of fused-ring (bicyclic) bond motifs is 1. The predicted molar refractivity (Wildman–Crippen MR) is 114 cm³/mol. The van der Waals surface area contributed by atoms with E-state index in [1.807, 2.05) is 6.92 Å². The van der Waals surface area contributed by atoms with Crippen molar-refractivity contribution in [3.8, 4) is 0 Å². The van der Waals surface area contributed by atoms with Gasteiger partial charge in [-0.05, 0) is 67.1 Å². The van der Waals surface area contributed by atoms with Gasteiger partial charge in [0.05, 0.1) is 5.56 Å². The van der Waals surface area contributed by atoms with Gasteiger partial charge in [0.1, 0.15) is 0 Å². The maximum absolute atomic E-state index is 13.1. The molecule has 8 heteroatoms. The van der Waals surface area contributed by atoms with Crippen molar-refractivity contribution in [2.45, 2.75) is 32.4 Å². The SMILES string of the molecule is C[C@@H](C(=O)Nc1ccc(Cl)cc1)[C@H]1CCc2ccc(C(F)(F)F)cc2C(=O)N(C)CC1. The molecule has 2 aromatic rings. The molecule has 31 heavy (non-hydrogen) atoms. The van der Waals surface area contributed by atoms with Crippen LogP contribution >= 0.6 is 11.6 Å². The Morgan fingerprint density at radius 1 is 1.16 bits per heavy atom. The van der Waals surface area contributed by atoms with Crippen molar-refractivity contribution in [3.63, 3.8) is 0 Å². The lowest BCUT2D eigenvalue weighted by Gasteiger charge is -2.24. The molecule has 2 atom stereocenters. The summed E-state index contributed by atoms with van der Waals surface area (Å²) < 4.78 is 39.4. The maximum atomic E-state index is 13.1. The molecule has 1 aliphatic heterocycles. The van der Waals surface area contributed by atoms with Crippen LogP contribution in [0.25, 0.3) is 0 Å². The number of halogens is 4. The minimum Gasteiger partial charge on any atom is -0.342 e. The number of aryl methyl sites for hydroxylation is 1. The summed E-state index contributed by atoms with van der Waals surface area (Å²) >= 11 is 5.88. The average Bonchev–Trinajstić information content (AvgIpc) is 2.78. The first-order chi connectivity index (χ1) is 14.6. The van der Waals surface area contributed by atoms with Crippen LogP contribution in [0, 0.1) is 11.8 Å². The first-order valence-electron chi connectivity index (χ1n) is 10.1. The van der Waals surface area contributed by atoms with Gasteiger partial charge in [-0.15, -0.1) is 0 Å². The number of benzene rings is 2. The minimum absolute atomic E-state index is 0.0317. The normalized spacial score (nSPS) is 18.5. The van der Waals surface area contributed by atoms with Gasteiger partial charge in [0.15, 0.2) is 0 Å². The van der Waals surface area contributed by atoms with E-state index in [1.165, 1.54) is 11.0 Å². The molecule has 0 aliphatic carbocycles. The zero-order valence-corrected chi connectivity index (χ0v) is 18.1. The summed E-state index contributed by atoms with van der Waals surface area (Å²) in [5.41, 5.74) is 0.458. The molecule has 1 N–H and O–H groups in total. The highest BCUT2D eigenvalue weighted by molar-refractivity contribution is 6.30. The van der Waals surface area contributed by atoms with E-state index in [9.17, 15) is 22.8 Å². The second-order valence-corrected chi connectivity index (χ2v) is 8.41. The second-order valence-electron chi connectivity index (χ2n) is 7.97. The quantitative estimate of drug-likeness (QED) is 0.653. The van der Waals surface area contributed by atoms with E-state index in [2.05, 4.69) is 5.32 Å². The highest BCUT2D eigenvalue weighted by Crippen LogP contribution is 2.33. The van der Waals surface area contributed by atoms with Gasteiger partial charge >= 0.3 is 6.18 Å². The van der Waals surface area contributed by atoms with Gasteiger partial charge in [-0.3, -0.25) is 9.59 Å². The van der Waals surface area contributed by atoms with E-state index in [0.29, 0.717) is 42.1 Å². The smallest absolute Gasteiger partial charge is 0.342 e. The summed E-state index contributed by atoms with van der Waals surface area (Å²) in [5.74, 6) is -0.945. The third-order valence-electron chi connectivity index (χ3n) is 5.87. The van der Waals surface area contributed by atoms with Crippen LogP contribution in [0.4, 0.5) is 18.9 Å². The number of nitrogens with zero attached hydrogens (tertiary/aromatic N) is 1. The Labute approximate surface area is 184 Å². The lowest BCUT2D eigenvalue weighted by Crippen LogP contribution is -2.32. The molecule has 0 spiro atoms. The maximum Gasteiger partial charge on any atom is 0.416 e. The first kappa shape index (κ1) is 23.1. The molecule has 0 radical (unpaired) electrons. The molecule has 2 amide bonds. The molecule has 0 aromatic heterocycles. The number of hydrogen-bond donors (Lipinski definition) is 1. The fraction of sp³-hybridized carbons (Fsp3) is 0.391. The van der Waals surface area contributed by atoms with E-state index >= 15 is 0 Å². The van der Waals surface area contributed by atoms with Gasteiger partial charge in [-0.2, -0.15) is 13.2 Å². The van der Waals surface area contributed by atoms with E-state index in [0.717, 1.165) is 12.1 Å². The summed E-state index contributed by atoms with van der Waals surface area (Å²) in [7, 11) is 1.58. The van der Waals surface area contributed by atoms with Crippen molar-refractivity contribution < 1.29 is 22.8 Å². The topological polar surface area (TPSA) is 49.4 Å². The molecule has 3 rings (SSSR count). The first-order valence-corrected chi connectivity index (χ1v) is 10.5. The van der Waals surface area contributed by atoms with Gasteiger partial charge < -0.3 is 10.2 Å². The third-order valence-corrected chi connectivity index (χ3v) is 6.12. The zero-order chi connectivity index (χ0) is 22.8. The Balaban J connectivity index is 1.79. The lowest BCUT2D eigenvalue weighted by molar-refractivity contribution is -0.137. The van der Waals surface area contributed by atoms with Gasteiger partial charge in [0.2, 0.25) is 5.91 Å². The molecule has 4 nitrogen and oxygen atoms in total. The van der Waals surface area contributed by atoms with E-state index in [1.54, 1.807) is 31.3 Å².